The minimum atomic E-state index is -1.19. The summed E-state index contributed by atoms with van der Waals surface area (Å²) in [5, 5.41) is 16.5. The zero-order valence-corrected chi connectivity index (χ0v) is 31.1. The van der Waals surface area contributed by atoms with Gasteiger partial charge in [0.2, 0.25) is 17.7 Å². The fraction of sp³-hybridized carbons (Fsp3) is 0.419. The summed E-state index contributed by atoms with van der Waals surface area (Å²) in [5.41, 5.74) is 2.99. The number of hydrogen-bond acceptors (Lipinski definition) is 8. The molecule has 0 radical (unpaired) electrons. The highest BCUT2D eigenvalue weighted by Gasteiger charge is 2.44. The number of rotatable bonds is 9. The van der Waals surface area contributed by atoms with E-state index in [2.05, 4.69) is 10.6 Å². The zero-order chi connectivity index (χ0) is 38.3. The molecule has 0 spiro atoms. The number of nitrogens with one attached hydrogen (secondary N) is 2. The van der Waals surface area contributed by atoms with Crippen LogP contribution < -0.4 is 24.8 Å². The number of aromatic nitrogens is 1. The van der Waals surface area contributed by atoms with Crippen LogP contribution in [0.15, 0.2) is 78.9 Å². The first-order valence-electron chi connectivity index (χ1n) is 19.3. The molecule has 0 unspecified atom stereocenters. The second kappa shape index (κ2) is 17.2. The van der Waals surface area contributed by atoms with Gasteiger partial charge in [0.15, 0.2) is 0 Å². The highest BCUT2D eigenvalue weighted by molar-refractivity contribution is 5.94. The van der Waals surface area contributed by atoms with E-state index in [0.29, 0.717) is 47.2 Å². The summed E-state index contributed by atoms with van der Waals surface area (Å²) < 4.78 is 18.1. The monoisotopic (exact) mass is 748 g/mol. The average molecular weight is 749 g/mol. The van der Waals surface area contributed by atoms with Gasteiger partial charge >= 0.3 is 5.97 Å². The molecule has 2 bridgehead atoms. The van der Waals surface area contributed by atoms with Crippen LogP contribution in [-0.2, 0) is 25.6 Å². The van der Waals surface area contributed by atoms with Gasteiger partial charge in [-0.15, -0.1) is 0 Å². The number of carbonyl (C=O) groups excluding carboxylic acids is 3. The van der Waals surface area contributed by atoms with Crippen molar-refractivity contribution in [1.29, 1.82) is 0 Å². The first-order chi connectivity index (χ1) is 26.7. The Labute approximate surface area is 320 Å². The first-order valence-corrected chi connectivity index (χ1v) is 19.3. The van der Waals surface area contributed by atoms with Gasteiger partial charge in [0, 0.05) is 42.3 Å². The number of carboxylic acid groups (broad SMARTS) is 1. The number of hydrogen-bond donors (Lipinski definition) is 3. The summed E-state index contributed by atoms with van der Waals surface area (Å²) in [6.07, 6.45) is 5.78. The van der Waals surface area contributed by atoms with E-state index < -0.39 is 42.0 Å². The van der Waals surface area contributed by atoms with E-state index in [0.717, 1.165) is 35.8 Å². The molecule has 1 aromatic heterocycles. The Morgan fingerprint density at radius 3 is 2.58 bits per heavy atom. The predicted octanol–water partition coefficient (Wildman–Crippen LogP) is 5.70. The third-order valence-corrected chi connectivity index (χ3v) is 10.9. The summed E-state index contributed by atoms with van der Waals surface area (Å²) in [4.78, 5) is 61.0. The fourth-order valence-electron chi connectivity index (χ4n) is 8.01. The van der Waals surface area contributed by atoms with Crippen molar-refractivity contribution in [3.63, 3.8) is 0 Å². The lowest BCUT2D eigenvalue weighted by molar-refractivity contribution is -0.145. The van der Waals surface area contributed by atoms with Crippen LogP contribution in [0, 0.1) is 5.92 Å². The fourth-order valence-corrected chi connectivity index (χ4v) is 8.01. The Morgan fingerprint density at radius 2 is 1.80 bits per heavy atom. The van der Waals surface area contributed by atoms with Gasteiger partial charge < -0.3 is 34.9 Å². The van der Waals surface area contributed by atoms with Gasteiger partial charge in [-0.25, -0.2) is 9.78 Å². The molecule has 7 rings (SSSR count). The Hall–Kier alpha value is -5.65. The quantitative estimate of drug-likeness (QED) is 0.196. The molecular weight excluding hydrogens is 700 g/mol. The van der Waals surface area contributed by atoms with E-state index in [-0.39, 0.29) is 38.3 Å². The maximum atomic E-state index is 14.7. The maximum absolute atomic E-state index is 14.7. The molecular formula is C43H48N4O8. The van der Waals surface area contributed by atoms with Crippen LogP contribution in [0.1, 0.15) is 63.4 Å². The van der Waals surface area contributed by atoms with Gasteiger partial charge in [0.05, 0.1) is 31.5 Å². The Bertz CT molecular complexity index is 2020. The number of fused-ring (bicyclic) bond motifs is 4. The van der Waals surface area contributed by atoms with E-state index in [1.54, 1.807) is 13.2 Å². The second-order valence-corrected chi connectivity index (χ2v) is 14.8. The van der Waals surface area contributed by atoms with E-state index >= 15 is 0 Å². The van der Waals surface area contributed by atoms with E-state index in [1.807, 2.05) is 72.8 Å². The van der Waals surface area contributed by atoms with Crippen molar-refractivity contribution in [1.82, 2.24) is 20.5 Å². The molecule has 1 aliphatic carbocycles. The maximum Gasteiger partial charge on any atom is 0.326 e. The number of aliphatic carboxylic acids is 1. The molecule has 3 N–H and O–H groups in total. The number of pyridine rings is 1. The molecule has 3 aromatic carbocycles. The van der Waals surface area contributed by atoms with Crippen molar-refractivity contribution < 1.29 is 38.5 Å². The molecule has 4 atom stereocenters. The normalized spacial score (nSPS) is 22.2. The van der Waals surface area contributed by atoms with Crippen molar-refractivity contribution in [3.8, 4) is 28.5 Å². The average Bonchev–Trinajstić information content (AvgIpc) is 3.88. The van der Waals surface area contributed by atoms with Gasteiger partial charge in [-0.3, -0.25) is 14.4 Å². The Balaban J connectivity index is 1.22. The molecule has 2 fully saturated rings. The molecule has 1 saturated carbocycles. The highest BCUT2D eigenvalue weighted by Crippen LogP contribution is 2.35. The van der Waals surface area contributed by atoms with E-state index in [9.17, 15) is 24.3 Å². The van der Waals surface area contributed by atoms with E-state index in [4.69, 9.17) is 19.2 Å². The second-order valence-electron chi connectivity index (χ2n) is 14.8. The first kappa shape index (κ1) is 37.7. The molecule has 4 aromatic rings. The standard InChI is InChI=1S/C43H48N4O8/c1-53-30-17-18-33-36(23-30)44-35(29-12-3-2-4-13-29)25-39(33)55-32-24-38-41(49)46-34(43(51)52)15-8-20-54-31-14-7-11-28(21-31)22-37(42(50)47(38)26-32)45-40(48)19-16-27-9-5-6-10-27/h2-4,7,11-14,17-18,21,23,25,27,32,34,37-38H,5-6,8-10,15-16,19-20,22,24,26H2,1H3,(H,45,48)(H,46,49)(H,51,52)/t32-,34-,37-,38+/m1/s1. The van der Waals surface area contributed by atoms with Crippen LogP contribution in [-0.4, -0.2) is 83.2 Å². The molecule has 3 heterocycles. The van der Waals surface area contributed by atoms with Crippen molar-refractivity contribution in [2.24, 2.45) is 5.92 Å². The lowest BCUT2D eigenvalue weighted by atomic mass is 10.0. The minimum Gasteiger partial charge on any atom is -0.497 e. The van der Waals surface area contributed by atoms with Gasteiger partial charge in [0.25, 0.3) is 0 Å². The van der Waals surface area contributed by atoms with Crippen LogP contribution in [0.25, 0.3) is 22.2 Å². The molecule has 3 amide bonds. The number of carbonyl (C=O) groups is 4. The van der Waals surface area contributed by atoms with Crippen molar-refractivity contribution in [2.75, 3.05) is 20.3 Å². The summed E-state index contributed by atoms with van der Waals surface area (Å²) in [5.74, 6) is -0.207. The highest BCUT2D eigenvalue weighted by atomic mass is 16.5. The van der Waals surface area contributed by atoms with Crippen LogP contribution in [0.3, 0.4) is 0 Å². The van der Waals surface area contributed by atoms with Crippen LogP contribution in [0.2, 0.25) is 0 Å². The van der Waals surface area contributed by atoms with Crippen LogP contribution in [0.5, 0.6) is 17.2 Å². The summed E-state index contributed by atoms with van der Waals surface area (Å²) in [7, 11) is 1.59. The third kappa shape index (κ3) is 9.18. The lowest BCUT2D eigenvalue weighted by Gasteiger charge is -2.29. The number of ether oxygens (including phenoxy) is 3. The molecule has 12 nitrogen and oxygen atoms in total. The summed E-state index contributed by atoms with van der Waals surface area (Å²) in [6, 6.07) is 21.2. The number of carboxylic acids is 1. The molecule has 2 aliphatic heterocycles. The number of benzene rings is 3. The van der Waals surface area contributed by atoms with Crippen molar-refractivity contribution >= 4 is 34.6 Å². The van der Waals surface area contributed by atoms with Crippen molar-refractivity contribution in [3.05, 3.63) is 84.4 Å². The van der Waals surface area contributed by atoms with Crippen LogP contribution >= 0.6 is 0 Å². The largest absolute Gasteiger partial charge is 0.497 e. The summed E-state index contributed by atoms with van der Waals surface area (Å²) >= 11 is 0. The smallest absolute Gasteiger partial charge is 0.326 e. The Kier molecular flexibility index (Phi) is 11.8. The topological polar surface area (TPSA) is 156 Å². The third-order valence-electron chi connectivity index (χ3n) is 10.9. The molecule has 3 aliphatic rings. The minimum absolute atomic E-state index is 0.0346. The SMILES string of the molecule is COc1ccc2c(O[C@@H]3C[C@H]4C(=O)N[C@@H](C(=O)O)CCCOc5cccc(c5)C[C@@H](NC(=O)CCC5CCCC5)C(=O)N4C3)cc(-c3ccccc3)nc2c1. The molecule has 288 valence electrons. The number of methoxy groups -OCH3 is 1. The molecule has 1 saturated heterocycles. The molecule has 12 heteroatoms. The van der Waals surface area contributed by atoms with Crippen LogP contribution in [0.4, 0.5) is 0 Å². The zero-order valence-electron chi connectivity index (χ0n) is 31.1. The Morgan fingerprint density at radius 1 is 0.982 bits per heavy atom. The predicted molar refractivity (Wildman–Crippen MR) is 206 cm³/mol. The summed E-state index contributed by atoms with van der Waals surface area (Å²) in [6.45, 7) is 0.276. The van der Waals surface area contributed by atoms with Crippen molar-refractivity contribution in [2.45, 2.75) is 88.4 Å². The molecule has 55 heavy (non-hydrogen) atoms. The lowest BCUT2D eigenvalue weighted by Crippen LogP contribution is -2.55. The van der Waals surface area contributed by atoms with Gasteiger partial charge in [-0.2, -0.15) is 0 Å². The van der Waals surface area contributed by atoms with E-state index in [1.165, 1.54) is 17.7 Å². The van der Waals surface area contributed by atoms with Gasteiger partial charge in [-0.05, 0) is 55.0 Å². The van der Waals surface area contributed by atoms with Gasteiger partial charge in [0.1, 0.15) is 41.5 Å². The van der Waals surface area contributed by atoms with Gasteiger partial charge in [-0.1, -0.05) is 68.1 Å². The number of nitrogens with zero attached hydrogens (tertiary/aromatic N) is 2. The number of amides is 3.